The first-order valence-electron chi connectivity index (χ1n) is 7.40. The van der Waals surface area contributed by atoms with E-state index < -0.39 is 10.9 Å². The van der Waals surface area contributed by atoms with E-state index in [1.165, 1.54) is 24.3 Å². The van der Waals surface area contributed by atoms with Crippen molar-refractivity contribution in [1.29, 1.82) is 0 Å². The number of non-ortho nitro benzene ring substituents is 1. The van der Waals surface area contributed by atoms with Gasteiger partial charge in [-0.3, -0.25) is 10.1 Å². The summed E-state index contributed by atoms with van der Waals surface area (Å²) in [6, 6.07) is 12.7. The van der Waals surface area contributed by atoms with Crippen LogP contribution in [-0.4, -0.2) is 23.0 Å². The second kappa shape index (κ2) is 6.56. The smallest absolute Gasteiger partial charge is 0.362 e. The van der Waals surface area contributed by atoms with E-state index in [9.17, 15) is 14.9 Å². The van der Waals surface area contributed by atoms with Crippen molar-refractivity contribution < 1.29 is 19.2 Å². The Bertz CT molecular complexity index is 984. The molecule has 0 saturated heterocycles. The molecule has 0 amide bonds. The molecule has 0 spiro atoms. The fraction of sp³-hybridized carbons (Fsp3) is 0.111. The highest BCUT2D eigenvalue weighted by Crippen LogP contribution is 2.25. The van der Waals surface area contributed by atoms with E-state index >= 15 is 0 Å². The molecule has 2 aromatic carbocycles. The average Bonchev–Trinajstić information content (AvgIpc) is 2.62. The second-order valence-electron chi connectivity index (χ2n) is 5.35. The predicted molar refractivity (Wildman–Crippen MR) is 91.1 cm³/mol. The van der Waals surface area contributed by atoms with Gasteiger partial charge in [-0.25, -0.2) is 9.78 Å². The number of nitrogens with zero attached hydrogens (tertiary/aromatic N) is 2. The van der Waals surface area contributed by atoms with Gasteiger partial charge in [-0.1, -0.05) is 6.07 Å². The molecule has 0 radical (unpaired) electrons. The van der Waals surface area contributed by atoms with Crippen LogP contribution in [0.2, 0.25) is 0 Å². The first-order valence-corrected chi connectivity index (χ1v) is 7.40. The SMILES string of the molecule is COc1ccc2nc(C(=O)Oc3cc([N+](=O)[O-])ccc3C)ccc2c1. The van der Waals surface area contributed by atoms with Crippen molar-refractivity contribution in [2.24, 2.45) is 0 Å². The van der Waals surface area contributed by atoms with Gasteiger partial charge >= 0.3 is 5.97 Å². The van der Waals surface area contributed by atoms with Crippen LogP contribution in [0.5, 0.6) is 11.5 Å². The van der Waals surface area contributed by atoms with E-state index in [4.69, 9.17) is 9.47 Å². The van der Waals surface area contributed by atoms with Gasteiger partial charge < -0.3 is 9.47 Å². The van der Waals surface area contributed by atoms with Crippen LogP contribution in [0.25, 0.3) is 10.9 Å². The molecule has 0 aliphatic rings. The van der Waals surface area contributed by atoms with Gasteiger partial charge in [0, 0.05) is 11.5 Å². The van der Waals surface area contributed by atoms with Gasteiger partial charge in [0.1, 0.15) is 17.2 Å². The quantitative estimate of drug-likeness (QED) is 0.312. The van der Waals surface area contributed by atoms with E-state index in [1.54, 1.807) is 32.2 Å². The Morgan fingerprint density at radius 3 is 2.64 bits per heavy atom. The summed E-state index contributed by atoms with van der Waals surface area (Å²) in [4.78, 5) is 26.9. The maximum Gasteiger partial charge on any atom is 0.362 e. The molecule has 0 atom stereocenters. The minimum absolute atomic E-state index is 0.114. The molecular weight excluding hydrogens is 324 g/mol. The zero-order valence-corrected chi connectivity index (χ0v) is 13.6. The number of methoxy groups -OCH3 is 1. The first-order chi connectivity index (χ1) is 12.0. The van der Waals surface area contributed by atoms with Crippen molar-refractivity contribution in [3.05, 3.63) is 69.9 Å². The Morgan fingerprint density at radius 1 is 1.12 bits per heavy atom. The number of carbonyl (C=O) groups excluding carboxylic acids is 1. The van der Waals surface area contributed by atoms with Crippen molar-refractivity contribution in [3.63, 3.8) is 0 Å². The lowest BCUT2D eigenvalue weighted by Gasteiger charge is -2.08. The monoisotopic (exact) mass is 338 g/mol. The third kappa shape index (κ3) is 3.40. The van der Waals surface area contributed by atoms with Crippen LogP contribution in [-0.2, 0) is 0 Å². The van der Waals surface area contributed by atoms with Crippen LogP contribution >= 0.6 is 0 Å². The molecule has 3 rings (SSSR count). The Labute approximate surface area is 143 Å². The van der Waals surface area contributed by atoms with Gasteiger partial charge in [0.05, 0.1) is 23.6 Å². The van der Waals surface area contributed by atoms with Crippen molar-refractivity contribution in [1.82, 2.24) is 4.98 Å². The minimum Gasteiger partial charge on any atom is -0.497 e. The average molecular weight is 338 g/mol. The van der Waals surface area contributed by atoms with Crippen LogP contribution in [0, 0.1) is 17.0 Å². The molecule has 0 N–H and O–H groups in total. The van der Waals surface area contributed by atoms with Crippen molar-refractivity contribution >= 4 is 22.6 Å². The van der Waals surface area contributed by atoms with Gasteiger partial charge in [0.25, 0.3) is 5.69 Å². The fourth-order valence-corrected chi connectivity index (χ4v) is 2.31. The zero-order valence-electron chi connectivity index (χ0n) is 13.6. The highest BCUT2D eigenvalue weighted by molar-refractivity contribution is 5.92. The number of aryl methyl sites for hydroxylation is 1. The van der Waals surface area contributed by atoms with Gasteiger partial charge in [0.2, 0.25) is 0 Å². The summed E-state index contributed by atoms with van der Waals surface area (Å²) in [6.07, 6.45) is 0. The van der Waals surface area contributed by atoms with E-state index in [0.717, 1.165) is 5.39 Å². The Kier molecular flexibility index (Phi) is 4.30. The summed E-state index contributed by atoms with van der Waals surface area (Å²) in [5.74, 6) is 0.147. The van der Waals surface area contributed by atoms with Crippen LogP contribution in [0.4, 0.5) is 5.69 Å². The standard InChI is InChI=1S/C18H14N2O5/c1-11-3-5-13(20(22)23)10-17(11)25-18(21)16-7-4-12-9-14(24-2)6-8-15(12)19-16/h3-10H,1-2H3. The van der Waals surface area contributed by atoms with Crippen LogP contribution in [0.1, 0.15) is 16.1 Å². The molecule has 1 heterocycles. The molecule has 0 saturated carbocycles. The lowest BCUT2D eigenvalue weighted by atomic mass is 10.2. The molecule has 126 valence electrons. The second-order valence-corrected chi connectivity index (χ2v) is 5.35. The lowest BCUT2D eigenvalue weighted by molar-refractivity contribution is -0.384. The number of benzene rings is 2. The third-order valence-corrected chi connectivity index (χ3v) is 3.69. The highest BCUT2D eigenvalue weighted by atomic mass is 16.6. The zero-order chi connectivity index (χ0) is 18.0. The number of hydrogen-bond acceptors (Lipinski definition) is 6. The summed E-state index contributed by atoms with van der Waals surface area (Å²) >= 11 is 0. The molecule has 7 heteroatoms. The number of fused-ring (bicyclic) bond motifs is 1. The maximum atomic E-state index is 12.3. The summed E-state index contributed by atoms with van der Waals surface area (Å²) in [5, 5.41) is 11.7. The highest BCUT2D eigenvalue weighted by Gasteiger charge is 2.16. The topological polar surface area (TPSA) is 91.6 Å². The van der Waals surface area contributed by atoms with Crippen molar-refractivity contribution in [2.75, 3.05) is 7.11 Å². The molecule has 0 unspecified atom stereocenters. The number of aromatic nitrogens is 1. The van der Waals surface area contributed by atoms with Gasteiger partial charge in [-0.2, -0.15) is 0 Å². The number of ether oxygens (including phenoxy) is 2. The number of pyridine rings is 1. The van der Waals surface area contributed by atoms with Crippen molar-refractivity contribution in [2.45, 2.75) is 6.92 Å². The fourth-order valence-electron chi connectivity index (χ4n) is 2.31. The number of carbonyl (C=O) groups is 1. The van der Waals surface area contributed by atoms with Gasteiger partial charge in [-0.15, -0.1) is 0 Å². The third-order valence-electron chi connectivity index (χ3n) is 3.69. The molecule has 3 aromatic rings. The Morgan fingerprint density at radius 2 is 1.92 bits per heavy atom. The predicted octanol–water partition coefficient (Wildman–Crippen LogP) is 3.68. The molecule has 25 heavy (non-hydrogen) atoms. The molecular formula is C18H14N2O5. The normalized spacial score (nSPS) is 10.5. The Balaban J connectivity index is 1.90. The van der Waals surface area contributed by atoms with Gasteiger partial charge in [-0.05, 0) is 42.8 Å². The molecule has 0 bridgehead atoms. The number of nitro groups is 1. The molecule has 1 aromatic heterocycles. The van der Waals surface area contributed by atoms with E-state index in [0.29, 0.717) is 16.8 Å². The maximum absolute atomic E-state index is 12.3. The Hall–Kier alpha value is -3.48. The molecule has 0 aliphatic carbocycles. The summed E-state index contributed by atoms with van der Waals surface area (Å²) < 4.78 is 10.4. The summed E-state index contributed by atoms with van der Waals surface area (Å²) in [5.41, 5.74) is 1.20. The van der Waals surface area contributed by atoms with E-state index in [2.05, 4.69) is 4.98 Å². The number of esters is 1. The van der Waals surface area contributed by atoms with Gasteiger partial charge in [0.15, 0.2) is 0 Å². The lowest BCUT2D eigenvalue weighted by Crippen LogP contribution is -2.11. The largest absolute Gasteiger partial charge is 0.497 e. The number of nitro benzene ring substituents is 1. The van der Waals surface area contributed by atoms with E-state index in [-0.39, 0.29) is 17.1 Å². The molecule has 0 fully saturated rings. The number of hydrogen-bond donors (Lipinski definition) is 0. The number of rotatable bonds is 4. The van der Waals surface area contributed by atoms with Crippen LogP contribution in [0.3, 0.4) is 0 Å². The summed E-state index contributed by atoms with van der Waals surface area (Å²) in [7, 11) is 1.57. The molecule has 7 nitrogen and oxygen atoms in total. The molecule has 0 aliphatic heterocycles. The van der Waals surface area contributed by atoms with Crippen LogP contribution < -0.4 is 9.47 Å². The first kappa shape index (κ1) is 16.4. The van der Waals surface area contributed by atoms with Crippen LogP contribution in [0.15, 0.2) is 48.5 Å². The van der Waals surface area contributed by atoms with Crippen molar-refractivity contribution in [3.8, 4) is 11.5 Å². The summed E-state index contributed by atoms with van der Waals surface area (Å²) in [6.45, 7) is 1.70. The van der Waals surface area contributed by atoms with E-state index in [1.807, 2.05) is 6.07 Å². The minimum atomic E-state index is -0.679.